The average molecular weight is 1330 g/mol. The molecular formula is C67H90N8O18S. The number of phenols is 3. The minimum absolute atomic E-state index is 0.0941. The number of Topliss-reactive ketones (excluding diaryl/α,β-unsaturated/α-hetero) is 1. The Morgan fingerprint density at radius 3 is 1.04 bits per heavy atom. The number of aromatic nitrogens is 3. The Morgan fingerprint density at radius 1 is 0.447 bits per heavy atom. The number of phenolic OH excluding ortho intramolecular Hbond substituents is 3. The molecular weight excluding hydrogens is 1240 g/mol. The van der Waals surface area contributed by atoms with Gasteiger partial charge < -0.3 is 77.7 Å². The molecule has 0 aliphatic heterocycles. The molecule has 94 heavy (non-hydrogen) atoms. The first-order valence-corrected chi connectivity index (χ1v) is 31.2. The van der Waals surface area contributed by atoms with Crippen LogP contribution >= 0.6 is 0 Å². The molecule has 0 bridgehead atoms. The lowest BCUT2D eigenvalue weighted by molar-refractivity contribution is -0.00436. The molecule has 0 saturated heterocycles. The van der Waals surface area contributed by atoms with Gasteiger partial charge in [-0.1, -0.05) is 50.2 Å². The van der Waals surface area contributed by atoms with E-state index in [1.807, 2.05) is 36.4 Å². The molecule has 6 aromatic rings. The highest BCUT2D eigenvalue weighted by Crippen LogP contribution is 2.45. The largest absolute Gasteiger partial charge is 0.507 e. The van der Waals surface area contributed by atoms with E-state index >= 15 is 0 Å². The summed E-state index contributed by atoms with van der Waals surface area (Å²) < 4.78 is 87.2. The normalized spacial score (nSPS) is 12.2. The highest BCUT2D eigenvalue weighted by molar-refractivity contribution is 7.90. The number of benzene rings is 5. The third-order valence-corrected chi connectivity index (χ3v) is 16.4. The molecule has 0 fully saturated rings. The summed E-state index contributed by atoms with van der Waals surface area (Å²) in [6.07, 6.45) is 3.83. The van der Waals surface area contributed by atoms with Crippen LogP contribution in [0.25, 0.3) is 11.6 Å². The van der Waals surface area contributed by atoms with Crippen LogP contribution in [0.4, 0.5) is 17.8 Å². The minimum Gasteiger partial charge on any atom is -0.507 e. The van der Waals surface area contributed by atoms with E-state index in [2.05, 4.69) is 64.8 Å². The summed E-state index contributed by atoms with van der Waals surface area (Å²) in [6.45, 7) is 9.25. The van der Waals surface area contributed by atoms with Crippen molar-refractivity contribution in [3.63, 3.8) is 0 Å². The highest BCUT2D eigenvalue weighted by atomic mass is 32.2. The predicted molar refractivity (Wildman–Crippen MR) is 353 cm³/mol. The Morgan fingerprint density at radius 2 is 0.755 bits per heavy atom. The number of nitrogens with zero attached hydrogens (tertiary/aromatic N) is 8. The number of anilines is 3. The van der Waals surface area contributed by atoms with Gasteiger partial charge in [0.25, 0.3) is 5.78 Å². The number of hydrogen-bond acceptors (Lipinski definition) is 24. The van der Waals surface area contributed by atoms with E-state index in [-0.39, 0.29) is 113 Å². The molecule has 1 heterocycles. The summed E-state index contributed by atoms with van der Waals surface area (Å²) in [5.41, 5.74) is 16.7. The molecule has 7 rings (SSSR count). The third-order valence-electron chi connectivity index (χ3n) is 15.3. The van der Waals surface area contributed by atoms with Crippen LogP contribution in [-0.4, -0.2) is 187 Å². The zero-order valence-electron chi connectivity index (χ0n) is 56.6. The Bertz CT molecular complexity index is 3410. The molecule has 26 nitrogen and oxygen atoms in total. The SMILES string of the molecule is COCN(COC)c1nc(N(COC)COC)nc(N(COC)COC)n1.COCc1cc(C(C)(C)c2ccc(C(C)(c3cc(COC)c(O)c(COC)c3)c3cc(COC)c(O)c(COC)c3)cc2)cc(COC)c1O.CS(=O)(=O)c1cccc2c1C=CC(=[N+]=[N-])C2=O. The van der Waals surface area contributed by atoms with E-state index in [1.165, 1.54) is 30.4 Å². The van der Waals surface area contributed by atoms with Crippen LogP contribution in [0.1, 0.15) is 97.9 Å². The van der Waals surface area contributed by atoms with Crippen molar-refractivity contribution >= 4 is 45.3 Å². The van der Waals surface area contributed by atoms with Gasteiger partial charge in [-0.05, 0) is 83.3 Å². The molecule has 0 spiro atoms. The minimum atomic E-state index is -3.40. The number of carbonyl (C=O) groups is 1. The van der Waals surface area contributed by atoms with Crippen molar-refractivity contribution in [2.24, 2.45) is 0 Å². The van der Waals surface area contributed by atoms with Gasteiger partial charge in [0.05, 0.1) is 44.5 Å². The summed E-state index contributed by atoms with van der Waals surface area (Å²) in [6, 6.07) is 24.8. The van der Waals surface area contributed by atoms with Crippen LogP contribution in [0.3, 0.4) is 0 Å². The summed E-state index contributed by atoms with van der Waals surface area (Å²) in [5.74, 6) is 1.07. The first kappa shape index (κ1) is 76.9. The van der Waals surface area contributed by atoms with E-state index in [4.69, 9.17) is 62.4 Å². The van der Waals surface area contributed by atoms with Crippen LogP contribution in [-0.2, 0) is 117 Å². The Balaban J connectivity index is 0.000000301. The third kappa shape index (κ3) is 19.0. The number of allylic oxidation sites excluding steroid dienone is 1. The van der Waals surface area contributed by atoms with Gasteiger partial charge in [0.15, 0.2) is 9.84 Å². The van der Waals surface area contributed by atoms with Crippen molar-refractivity contribution in [3.8, 4) is 17.2 Å². The van der Waals surface area contributed by atoms with Crippen molar-refractivity contribution in [2.75, 3.05) is 147 Å². The van der Waals surface area contributed by atoms with Gasteiger partial charge in [-0.15, -0.1) is 0 Å². The van der Waals surface area contributed by atoms with Gasteiger partial charge in [0.2, 0.25) is 17.8 Å². The van der Waals surface area contributed by atoms with Gasteiger partial charge >= 0.3 is 5.71 Å². The number of ketones is 1. The first-order chi connectivity index (χ1) is 45.0. The van der Waals surface area contributed by atoms with E-state index in [0.29, 0.717) is 56.8 Å². The summed E-state index contributed by atoms with van der Waals surface area (Å²) in [4.78, 5) is 33.4. The Labute approximate surface area is 550 Å². The number of hydrogen-bond donors (Lipinski definition) is 3. The molecule has 512 valence electrons. The van der Waals surface area contributed by atoms with Crippen molar-refractivity contribution in [1.82, 2.24) is 15.0 Å². The maximum absolute atomic E-state index is 11.8. The van der Waals surface area contributed by atoms with E-state index in [9.17, 15) is 28.5 Å². The molecule has 0 radical (unpaired) electrons. The van der Waals surface area contributed by atoms with Gasteiger partial charge in [-0.2, -0.15) is 19.7 Å². The van der Waals surface area contributed by atoms with Gasteiger partial charge in [0, 0.05) is 153 Å². The molecule has 27 heteroatoms. The summed E-state index contributed by atoms with van der Waals surface area (Å²) in [7, 11) is 15.7. The predicted octanol–water partition coefficient (Wildman–Crippen LogP) is 8.25. The topological polar surface area (TPSA) is 307 Å². The zero-order valence-corrected chi connectivity index (χ0v) is 57.4. The number of methoxy groups -OCH3 is 12. The second-order valence-corrected chi connectivity index (χ2v) is 24.3. The fourth-order valence-corrected chi connectivity index (χ4v) is 11.5. The molecule has 0 atom stereocenters. The molecule has 0 amide bonds. The molecule has 0 unspecified atom stereocenters. The van der Waals surface area contributed by atoms with Crippen molar-refractivity contribution in [1.29, 1.82) is 0 Å². The van der Waals surface area contributed by atoms with E-state index < -0.39 is 26.5 Å². The fourth-order valence-electron chi connectivity index (χ4n) is 10.6. The van der Waals surface area contributed by atoms with E-state index in [1.54, 1.807) is 100 Å². The van der Waals surface area contributed by atoms with Crippen molar-refractivity contribution in [3.05, 3.63) is 163 Å². The second kappa shape index (κ2) is 36.7. The Hall–Kier alpha value is -7.83. The number of rotatable bonds is 33. The van der Waals surface area contributed by atoms with Crippen molar-refractivity contribution in [2.45, 2.75) is 76.1 Å². The van der Waals surface area contributed by atoms with Gasteiger partial charge in [-0.3, -0.25) is 19.5 Å². The number of ether oxygens (including phenoxy) is 12. The maximum Gasteiger partial charge on any atom is 0.362 e. The van der Waals surface area contributed by atoms with Crippen molar-refractivity contribution < 1.29 is 90.2 Å². The molecule has 0 saturated carbocycles. The summed E-state index contributed by atoms with van der Waals surface area (Å²) in [5, 5.41) is 33.2. The average Bonchev–Trinajstić information content (AvgIpc) is 0.748. The lowest BCUT2D eigenvalue weighted by Gasteiger charge is -2.35. The maximum atomic E-state index is 11.8. The van der Waals surface area contributed by atoms with Crippen LogP contribution in [0, 0.1) is 0 Å². The standard InChI is InChI=1S/C41H52O9.C15H30N6O6.C11H8N2O3S/c1-40(2,34-14-26(20-45-4)37(42)27(15-34)21-46-5)32-10-12-33(13-11-32)41(3,35-16-28(22-47-6)38(43)29(17-35)23-48-7)36-18-30(24-49-8)39(44)31(19-36)25-50-9;1-22-7-19(8-23-2)13-16-14(20(9-24-3)10-25-4)18-15(17-13)21(11-26-5)12-27-6;1-17(15,16)10-4-2-3-8-7(10)5-6-9(13-12)11(8)14/h10-19,42-44H,20-25H2,1-9H3;7-12H2,1-6H3;2-6H,1H3. The molecule has 3 N–H and O–H groups in total. The molecule has 1 aromatic heterocycles. The van der Waals surface area contributed by atoms with Gasteiger partial charge in [0.1, 0.15) is 57.6 Å². The number of aromatic hydroxyl groups is 3. The first-order valence-electron chi connectivity index (χ1n) is 29.3. The summed E-state index contributed by atoms with van der Waals surface area (Å²) >= 11 is 0. The lowest BCUT2D eigenvalue weighted by atomic mass is 9.68. The lowest BCUT2D eigenvalue weighted by Crippen LogP contribution is -2.36. The quantitative estimate of drug-likeness (QED) is 0.0151. The Kier molecular flexibility index (Phi) is 30.0. The number of carbonyl (C=O) groups excluding carboxylic acids is 1. The number of sulfone groups is 1. The van der Waals surface area contributed by atoms with Gasteiger partial charge in [-0.25, -0.2) is 8.42 Å². The van der Waals surface area contributed by atoms with Crippen LogP contribution in [0.15, 0.2) is 89.8 Å². The highest BCUT2D eigenvalue weighted by Gasteiger charge is 2.36. The molecule has 5 aromatic carbocycles. The number of fused-ring (bicyclic) bond motifs is 1. The zero-order chi connectivity index (χ0) is 69.3. The molecule has 1 aliphatic carbocycles. The monoisotopic (exact) mass is 1330 g/mol. The fraction of sp³-hybridized carbons (Fsp3) is 0.448. The van der Waals surface area contributed by atoms with E-state index in [0.717, 1.165) is 34.1 Å². The molecule has 1 aliphatic rings. The second-order valence-electron chi connectivity index (χ2n) is 22.4. The van der Waals surface area contributed by atoms with Crippen LogP contribution in [0.5, 0.6) is 17.2 Å². The van der Waals surface area contributed by atoms with Crippen LogP contribution in [0.2, 0.25) is 0 Å². The van der Waals surface area contributed by atoms with Crippen LogP contribution < -0.4 is 14.7 Å². The smallest absolute Gasteiger partial charge is 0.362 e.